The van der Waals surface area contributed by atoms with Crippen LogP contribution in [0.3, 0.4) is 0 Å². The summed E-state index contributed by atoms with van der Waals surface area (Å²) in [7, 11) is 1.52. The number of esters is 1. The highest BCUT2D eigenvalue weighted by Crippen LogP contribution is 2.12. The molecule has 0 saturated heterocycles. The number of hydrogen-bond acceptors (Lipinski definition) is 4. The first kappa shape index (κ1) is 13.2. The standard InChI is InChI=1S/C15H14O4/c1-18-8-9-19-15(17)13-10-12-5-3-2-4-11(12)6-7-14(13)16/h2-7,10H,8-9H2,1H3. The van der Waals surface area contributed by atoms with Crippen LogP contribution in [0.4, 0.5) is 0 Å². The maximum Gasteiger partial charge on any atom is 0.342 e. The summed E-state index contributed by atoms with van der Waals surface area (Å²) in [6.45, 7) is 0.435. The summed E-state index contributed by atoms with van der Waals surface area (Å²) >= 11 is 0. The quantitative estimate of drug-likeness (QED) is 0.621. The Kier molecular flexibility index (Phi) is 4.26. The van der Waals surface area contributed by atoms with Crippen LogP contribution in [0.1, 0.15) is 10.4 Å². The van der Waals surface area contributed by atoms with Crippen LogP contribution in [0.5, 0.6) is 0 Å². The topological polar surface area (TPSA) is 52.6 Å². The molecule has 0 saturated carbocycles. The number of carbonyl (C=O) groups is 1. The Balaban J connectivity index is 2.40. The minimum atomic E-state index is -0.622. The van der Waals surface area contributed by atoms with Crippen molar-refractivity contribution in [2.24, 2.45) is 0 Å². The zero-order valence-electron chi connectivity index (χ0n) is 10.6. The van der Waals surface area contributed by atoms with E-state index in [2.05, 4.69) is 0 Å². The number of fused-ring (bicyclic) bond motifs is 1. The predicted octanol–water partition coefficient (Wildman–Crippen LogP) is 2.00. The van der Waals surface area contributed by atoms with Crippen LogP contribution in [0.2, 0.25) is 0 Å². The van der Waals surface area contributed by atoms with Crippen molar-refractivity contribution in [3.63, 3.8) is 0 Å². The number of carbonyl (C=O) groups excluding carboxylic acids is 1. The summed E-state index contributed by atoms with van der Waals surface area (Å²) in [5.41, 5.74) is -0.309. The van der Waals surface area contributed by atoms with E-state index < -0.39 is 5.97 Å². The van der Waals surface area contributed by atoms with Crippen LogP contribution in [0.25, 0.3) is 10.8 Å². The summed E-state index contributed by atoms with van der Waals surface area (Å²) < 4.78 is 9.77. The second-order valence-electron chi connectivity index (χ2n) is 4.01. The molecule has 98 valence electrons. The summed E-state index contributed by atoms with van der Waals surface area (Å²) in [4.78, 5) is 23.7. The van der Waals surface area contributed by atoms with Gasteiger partial charge in [0.2, 0.25) is 0 Å². The first-order chi connectivity index (χ1) is 9.22. The molecule has 2 aromatic carbocycles. The lowest BCUT2D eigenvalue weighted by atomic mass is 10.2. The zero-order chi connectivity index (χ0) is 13.7. The fraction of sp³-hybridized carbons (Fsp3) is 0.200. The van der Waals surface area contributed by atoms with Gasteiger partial charge in [0.1, 0.15) is 12.2 Å². The van der Waals surface area contributed by atoms with E-state index in [-0.39, 0.29) is 17.6 Å². The molecule has 0 aliphatic carbocycles. The molecule has 0 aliphatic rings. The lowest BCUT2D eigenvalue weighted by Crippen LogP contribution is -2.16. The molecular formula is C15H14O4. The average molecular weight is 258 g/mol. The molecular weight excluding hydrogens is 244 g/mol. The number of benzene rings is 1. The van der Waals surface area contributed by atoms with E-state index in [1.54, 1.807) is 12.1 Å². The average Bonchev–Trinajstić information content (AvgIpc) is 2.59. The molecule has 0 heterocycles. The highest BCUT2D eigenvalue weighted by molar-refractivity contribution is 5.93. The van der Waals surface area contributed by atoms with Crippen molar-refractivity contribution in [1.29, 1.82) is 0 Å². The molecule has 4 heteroatoms. The van der Waals surface area contributed by atoms with Crippen molar-refractivity contribution in [3.8, 4) is 0 Å². The highest BCUT2D eigenvalue weighted by atomic mass is 16.6. The van der Waals surface area contributed by atoms with Gasteiger partial charge in [0, 0.05) is 7.11 Å². The molecule has 4 nitrogen and oxygen atoms in total. The summed E-state index contributed by atoms with van der Waals surface area (Å²) in [5, 5.41) is 1.72. The molecule has 2 aromatic rings. The monoisotopic (exact) mass is 258 g/mol. The third-order valence-corrected chi connectivity index (χ3v) is 2.72. The highest BCUT2D eigenvalue weighted by Gasteiger charge is 2.11. The van der Waals surface area contributed by atoms with Crippen LogP contribution in [0.15, 0.2) is 47.3 Å². The van der Waals surface area contributed by atoms with Crippen molar-refractivity contribution in [1.82, 2.24) is 0 Å². The third-order valence-electron chi connectivity index (χ3n) is 2.72. The summed E-state index contributed by atoms with van der Waals surface area (Å²) in [6, 6.07) is 12.1. The molecule has 19 heavy (non-hydrogen) atoms. The second kappa shape index (κ2) is 6.11. The van der Waals surface area contributed by atoms with Crippen LogP contribution in [0, 0.1) is 0 Å². The van der Waals surface area contributed by atoms with Crippen molar-refractivity contribution in [2.45, 2.75) is 0 Å². The van der Waals surface area contributed by atoms with E-state index in [1.165, 1.54) is 13.2 Å². The van der Waals surface area contributed by atoms with E-state index in [0.29, 0.717) is 6.61 Å². The molecule has 0 spiro atoms. The molecule has 0 radical (unpaired) electrons. The van der Waals surface area contributed by atoms with Gasteiger partial charge in [-0.15, -0.1) is 0 Å². The SMILES string of the molecule is COCCOC(=O)c1cc2ccccc2ccc1=O. The Labute approximate surface area is 110 Å². The maximum absolute atomic E-state index is 11.9. The molecule has 0 amide bonds. The third kappa shape index (κ3) is 3.17. The Morgan fingerprint density at radius 2 is 1.79 bits per heavy atom. The lowest BCUT2D eigenvalue weighted by molar-refractivity contribution is 0.0387. The first-order valence-electron chi connectivity index (χ1n) is 5.91. The van der Waals surface area contributed by atoms with E-state index in [0.717, 1.165) is 10.8 Å². The minimum Gasteiger partial charge on any atom is -0.460 e. The van der Waals surface area contributed by atoms with E-state index in [9.17, 15) is 9.59 Å². The molecule has 0 bridgehead atoms. The molecule has 0 fully saturated rings. The molecule has 0 atom stereocenters. The molecule has 0 unspecified atom stereocenters. The Morgan fingerprint density at radius 3 is 2.53 bits per heavy atom. The molecule has 0 N–H and O–H groups in total. The van der Waals surface area contributed by atoms with E-state index >= 15 is 0 Å². The van der Waals surface area contributed by atoms with Gasteiger partial charge in [0.05, 0.1) is 6.61 Å². The number of ether oxygens (including phenoxy) is 2. The van der Waals surface area contributed by atoms with Crippen LogP contribution in [-0.4, -0.2) is 26.3 Å². The largest absolute Gasteiger partial charge is 0.460 e. The van der Waals surface area contributed by atoms with Crippen molar-refractivity contribution in [2.75, 3.05) is 20.3 Å². The van der Waals surface area contributed by atoms with Gasteiger partial charge >= 0.3 is 5.97 Å². The molecule has 0 aromatic heterocycles. The van der Waals surface area contributed by atoms with Gasteiger partial charge < -0.3 is 9.47 Å². The van der Waals surface area contributed by atoms with Gasteiger partial charge in [0.25, 0.3) is 0 Å². The van der Waals surface area contributed by atoms with Crippen LogP contribution in [-0.2, 0) is 9.47 Å². The molecule has 2 rings (SSSR count). The van der Waals surface area contributed by atoms with Crippen LogP contribution >= 0.6 is 0 Å². The van der Waals surface area contributed by atoms with Gasteiger partial charge in [-0.1, -0.05) is 30.3 Å². The zero-order valence-corrected chi connectivity index (χ0v) is 10.6. The first-order valence-corrected chi connectivity index (χ1v) is 5.91. The van der Waals surface area contributed by atoms with Gasteiger partial charge in [-0.2, -0.15) is 0 Å². The number of methoxy groups -OCH3 is 1. The Bertz CT molecular complexity index is 649. The van der Waals surface area contributed by atoms with Gasteiger partial charge in [-0.05, 0) is 22.9 Å². The number of hydrogen-bond donors (Lipinski definition) is 0. The maximum atomic E-state index is 11.9. The molecule has 0 aliphatic heterocycles. The lowest BCUT2D eigenvalue weighted by Gasteiger charge is -2.02. The van der Waals surface area contributed by atoms with Gasteiger partial charge in [-0.25, -0.2) is 4.79 Å². The predicted molar refractivity (Wildman–Crippen MR) is 72.4 cm³/mol. The minimum absolute atomic E-state index is 0.0392. The number of rotatable bonds is 4. The Morgan fingerprint density at radius 1 is 1.05 bits per heavy atom. The smallest absolute Gasteiger partial charge is 0.342 e. The summed E-state index contributed by atoms with van der Waals surface area (Å²) in [5.74, 6) is -0.622. The van der Waals surface area contributed by atoms with Crippen molar-refractivity contribution >= 4 is 16.7 Å². The van der Waals surface area contributed by atoms with E-state index in [4.69, 9.17) is 9.47 Å². The van der Waals surface area contributed by atoms with Crippen molar-refractivity contribution in [3.05, 3.63) is 58.3 Å². The van der Waals surface area contributed by atoms with E-state index in [1.807, 2.05) is 24.3 Å². The fourth-order valence-electron chi connectivity index (χ4n) is 1.73. The normalized spacial score (nSPS) is 10.4. The van der Waals surface area contributed by atoms with Gasteiger partial charge in [-0.3, -0.25) is 4.79 Å². The van der Waals surface area contributed by atoms with Gasteiger partial charge in [0.15, 0.2) is 5.43 Å². The second-order valence-corrected chi connectivity index (χ2v) is 4.01. The van der Waals surface area contributed by atoms with Crippen molar-refractivity contribution < 1.29 is 14.3 Å². The summed E-state index contributed by atoms with van der Waals surface area (Å²) in [6.07, 6.45) is 0. The van der Waals surface area contributed by atoms with Crippen LogP contribution < -0.4 is 5.43 Å². The Hall–Kier alpha value is -2.20. The fourth-order valence-corrected chi connectivity index (χ4v) is 1.73.